The fraction of sp³-hybridized carbons (Fsp3) is 0.500. The number of anilines is 3. The summed E-state index contributed by atoms with van der Waals surface area (Å²) >= 11 is 0. The second-order valence-corrected chi connectivity index (χ2v) is 10.8. The Morgan fingerprint density at radius 1 is 1.26 bits per heavy atom. The molecule has 3 heterocycles. The minimum absolute atomic E-state index is 0.0644. The predicted molar refractivity (Wildman–Crippen MR) is 141 cm³/mol. The van der Waals surface area contributed by atoms with Gasteiger partial charge in [0, 0.05) is 32.8 Å². The fourth-order valence-corrected chi connectivity index (χ4v) is 4.44. The van der Waals surface area contributed by atoms with E-state index in [1.807, 2.05) is 0 Å². The van der Waals surface area contributed by atoms with E-state index in [1.54, 1.807) is 46.2 Å². The van der Waals surface area contributed by atoms with Crippen molar-refractivity contribution in [2.24, 2.45) is 0 Å². The second kappa shape index (κ2) is 9.95. The lowest BCUT2D eigenvalue weighted by Gasteiger charge is -2.35. The molecule has 0 bridgehead atoms. The van der Waals surface area contributed by atoms with Gasteiger partial charge in [0.2, 0.25) is 0 Å². The molecular weight excluding hydrogens is 509 g/mol. The van der Waals surface area contributed by atoms with Crippen LogP contribution in [0.2, 0.25) is 0 Å². The normalized spacial score (nSPS) is 22.2. The van der Waals surface area contributed by atoms with Crippen molar-refractivity contribution in [2.75, 3.05) is 24.4 Å². The third kappa shape index (κ3) is 5.31. The molecule has 0 radical (unpaired) electrons. The molecule has 2 aliphatic carbocycles. The Morgan fingerprint density at radius 3 is 2.62 bits per heavy atom. The molecule has 208 valence electrons. The van der Waals surface area contributed by atoms with Gasteiger partial charge in [0.25, 0.3) is 11.5 Å². The number of carbonyl (C=O) groups is 2. The number of nitrogens with zero attached hydrogens (tertiary/aromatic N) is 5. The summed E-state index contributed by atoms with van der Waals surface area (Å²) in [4.78, 5) is 44.9. The summed E-state index contributed by atoms with van der Waals surface area (Å²) in [5.41, 5.74) is -0.641. The summed E-state index contributed by atoms with van der Waals surface area (Å²) in [5.74, 6) is 0.0388. The Kier molecular flexibility index (Phi) is 6.79. The van der Waals surface area contributed by atoms with Crippen LogP contribution in [-0.2, 0) is 9.47 Å². The predicted octanol–water partition coefficient (Wildman–Crippen LogP) is 3.20. The van der Waals surface area contributed by atoms with Crippen molar-refractivity contribution in [1.29, 1.82) is 0 Å². The highest BCUT2D eigenvalue weighted by Crippen LogP contribution is 2.38. The van der Waals surface area contributed by atoms with Crippen molar-refractivity contribution in [3.63, 3.8) is 0 Å². The minimum Gasteiger partial charge on any atom is -0.443 e. The lowest BCUT2D eigenvalue weighted by atomic mass is 9.89. The first kappa shape index (κ1) is 26.6. The van der Waals surface area contributed by atoms with Gasteiger partial charge in [0.1, 0.15) is 34.7 Å². The first-order valence-electron chi connectivity index (χ1n) is 12.8. The van der Waals surface area contributed by atoms with Crippen LogP contribution >= 0.6 is 0 Å². The number of hydrogen-bond donors (Lipinski definition) is 2. The van der Waals surface area contributed by atoms with E-state index in [0.717, 1.165) is 12.8 Å². The number of amides is 2. The van der Waals surface area contributed by atoms with Crippen LogP contribution < -0.4 is 21.1 Å². The van der Waals surface area contributed by atoms with Crippen LogP contribution in [0, 0.1) is 0 Å². The zero-order valence-corrected chi connectivity index (χ0v) is 22.5. The summed E-state index contributed by atoms with van der Waals surface area (Å²) in [5, 5.41) is 10.3. The number of nitrogens with one attached hydrogen (secondary N) is 2. The van der Waals surface area contributed by atoms with Crippen LogP contribution in [0.3, 0.4) is 0 Å². The Bertz CT molecular complexity index is 1480. The van der Waals surface area contributed by atoms with Gasteiger partial charge in [0.15, 0.2) is 5.65 Å². The van der Waals surface area contributed by atoms with Gasteiger partial charge in [-0.05, 0) is 45.7 Å². The Balaban J connectivity index is 1.54. The number of ether oxygens (including phenoxy) is 2. The maximum Gasteiger partial charge on any atom is 0.415 e. The molecule has 5 rings (SSSR count). The Morgan fingerprint density at radius 2 is 2.00 bits per heavy atom. The smallest absolute Gasteiger partial charge is 0.415 e. The second-order valence-electron chi connectivity index (χ2n) is 10.8. The molecule has 0 aliphatic heterocycles. The van der Waals surface area contributed by atoms with Crippen molar-refractivity contribution >= 4 is 35.0 Å². The SMILES string of the molecule is CO[C@@H]1CCC1NC(=O)c1cnn2c(N(C)C(=O)OC(C)(C)C)cc(Nc3cccn([C@H]4C[C@@H]4F)c3=O)nc12. The third-order valence-electron chi connectivity index (χ3n) is 6.81. The lowest BCUT2D eigenvalue weighted by Crippen LogP contribution is -2.51. The molecule has 2 N–H and O–H groups in total. The highest BCUT2D eigenvalue weighted by Gasteiger charge is 2.40. The molecule has 2 aliphatic rings. The van der Waals surface area contributed by atoms with E-state index in [9.17, 15) is 18.8 Å². The molecule has 4 atom stereocenters. The van der Waals surface area contributed by atoms with Crippen molar-refractivity contribution in [1.82, 2.24) is 24.5 Å². The molecule has 2 saturated carbocycles. The monoisotopic (exact) mass is 541 g/mol. The molecule has 2 amide bonds. The topological polar surface area (TPSA) is 132 Å². The van der Waals surface area contributed by atoms with Crippen LogP contribution in [-0.4, -0.2) is 69.2 Å². The molecular formula is C26H32FN7O5. The summed E-state index contributed by atoms with van der Waals surface area (Å²) in [7, 11) is 3.11. The van der Waals surface area contributed by atoms with Gasteiger partial charge in [-0.25, -0.2) is 14.2 Å². The average Bonchev–Trinajstić information content (AvgIpc) is 3.42. The van der Waals surface area contributed by atoms with E-state index in [-0.39, 0.29) is 47.1 Å². The van der Waals surface area contributed by atoms with Gasteiger partial charge >= 0.3 is 6.09 Å². The number of aromatic nitrogens is 4. The fourth-order valence-electron chi connectivity index (χ4n) is 4.44. The van der Waals surface area contributed by atoms with Crippen LogP contribution in [0.5, 0.6) is 0 Å². The summed E-state index contributed by atoms with van der Waals surface area (Å²) in [6.45, 7) is 5.25. The highest BCUT2D eigenvalue weighted by molar-refractivity contribution is 6.00. The summed E-state index contributed by atoms with van der Waals surface area (Å²) < 4.78 is 27.3. The minimum atomic E-state index is -1.05. The van der Waals surface area contributed by atoms with Crippen molar-refractivity contribution in [3.8, 4) is 0 Å². The van der Waals surface area contributed by atoms with Crippen LogP contribution in [0.25, 0.3) is 5.65 Å². The Hall–Kier alpha value is -4.00. The molecule has 3 aromatic heterocycles. The van der Waals surface area contributed by atoms with E-state index in [2.05, 4.69) is 20.7 Å². The largest absolute Gasteiger partial charge is 0.443 e. The number of hydrogen-bond acceptors (Lipinski definition) is 8. The van der Waals surface area contributed by atoms with Gasteiger partial charge in [-0.15, -0.1) is 0 Å². The van der Waals surface area contributed by atoms with E-state index in [1.165, 1.54) is 33.3 Å². The van der Waals surface area contributed by atoms with Crippen LogP contribution in [0.4, 0.5) is 26.5 Å². The number of halogens is 1. The maximum atomic E-state index is 13.7. The van der Waals surface area contributed by atoms with Crippen molar-refractivity contribution in [3.05, 3.63) is 46.5 Å². The maximum absolute atomic E-state index is 13.7. The molecule has 0 spiro atoms. The number of pyridine rings is 1. The molecule has 12 nitrogen and oxygen atoms in total. The van der Waals surface area contributed by atoms with Gasteiger partial charge < -0.3 is 24.7 Å². The summed E-state index contributed by atoms with van der Waals surface area (Å²) in [6.07, 6.45) is 3.08. The zero-order chi connectivity index (χ0) is 28.1. The number of alkyl halides is 1. The van der Waals surface area contributed by atoms with E-state index < -0.39 is 35.4 Å². The molecule has 2 fully saturated rings. The molecule has 1 unspecified atom stereocenters. The third-order valence-corrected chi connectivity index (χ3v) is 6.81. The van der Waals surface area contributed by atoms with Crippen molar-refractivity contribution < 1.29 is 23.5 Å². The van der Waals surface area contributed by atoms with Crippen LogP contribution in [0.1, 0.15) is 56.4 Å². The number of carbonyl (C=O) groups excluding carboxylic acids is 2. The highest BCUT2D eigenvalue weighted by atomic mass is 19.1. The molecule has 0 saturated heterocycles. The first-order chi connectivity index (χ1) is 18.5. The van der Waals surface area contributed by atoms with Gasteiger partial charge in [0.05, 0.1) is 24.4 Å². The van der Waals surface area contributed by atoms with E-state index in [4.69, 9.17) is 9.47 Å². The van der Waals surface area contributed by atoms with Gasteiger partial charge in [-0.2, -0.15) is 9.61 Å². The zero-order valence-electron chi connectivity index (χ0n) is 22.5. The van der Waals surface area contributed by atoms with Gasteiger partial charge in [-0.1, -0.05) is 0 Å². The standard InChI is InChI=1S/C26H32FN7O5/c1-26(2,3)39-25(37)32(4)21-12-20(29-17-7-6-10-33(24(17)36)18-11-15(18)27)31-22-14(13-28-34(21)22)23(35)30-16-8-9-19(16)38-5/h6-7,10,12-13,15-16,18-19H,8-9,11H2,1-5H3,(H,29,31)(H,30,35)/t15-,16?,18-,19+/m0/s1. The first-order valence-corrected chi connectivity index (χ1v) is 12.8. The Labute approximate surface area is 224 Å². The lowest BCUT2D eigenvalue weighted by molar-refractivity contribution is 0.00732. The molecule has 39 heavy (non-hydrogen) atoms. The molecule has 0 aromatic carbocycles. The molecule has 13 heteroatoms. The number of fused-ring (bicyclic) bond motifs is 1. The van der Waals surface area contributed by atoms with Crippen molar-refractivity contribution in [2.45, 2.75) is 70.0 Å². The summed E-state index contributed by atoms with van der Waals surface area (Å²) in [6, 6.07) is 4.10. The average molecular weight is 542 g/mol. The van der Waals surface area contributed by atoms with E-state index in [0.29, 0.717) is 0 Å². The number of rotatable bonds is 7. The van der Waals surface area contributed by atoms with Crippen LogP contribution in [0.15, 0.2) is 35.4 Å². The number of methoxy groups -OCH3 is 1. The molecule has 3 aromatic rings. The van der Waals surface area contributed by atoms with E-state index >= 15 is 0 Å². The van der Waals surface area contributed by atoms with Gasteiger partial charge in [-0.3, -0.25) is 14.5 Å². The quantitative estimate of drug-likeness (QED) is 0.466.